The van der Waals surface area contributed by atoms with Crippen LogP contribution in [0.1, 0.15) is 0 Å². The Morgan fingerprint density at radius 1 is 0.346 bits per heavy atom. The molecular formula is C50H33NO. The van der Waals surface area contributed by atoms with Gasteiger partial charge in [-0.3, -0.25) is 0 Å². The Morgan fingerprint density at radius 3 is 1.63 bits per heavy atom. The Hall–Kier alpha value is -6.90. The molecule has 0 radical (unpaired) electrons. The van der Waals surface area contributed by atoms with Crippen molar-refractivity contribution in [3.05, 3.63) is 200 Å². The summed E-state index contributed by atoms with van der Waals surface area (Å²) >= 11 is 0. The molecule has 52 heavy (non-hydrogen) atoms. The first-order valence-electron chi connectivity index (χ1n) is 17.8. The van der Waals surface area contributed by atoms with E-state index in [-0.39, 0.29) is 0 Å². The van der Waals surface area contributed by atoms with Crippen LogP contribution >= 0.6 is 0 Å². The molecule has 0 fully saturated rings. The van der Waals surface area contributed by atoms with Gasteiger partial charge in [0.15, 0.2) is 0 Å². The molecule has 244 valence electrons. The van der Waals surface area contributed by atoms with Gasteiger partial charge in [0.2, 0.25) is 0 Å². The molecule has 2 heteroatoms. The average Bonchev–Trinajstić information content (AvgIpc) is 3.61. The molecule has 0 saturated heterocycles. The van der Waals surface area contributed by atoms with Gasteiger partial charge in [-0.05, 0) is 98.1 Å². The zero-order valence-electron chi connectivity index (χ0n) is 28.4. The first-order valence-corrected chi connectivity index (χ1v) is 17.8. The lowest BCUT2D eigenvalue weighted by atomic mass is 9.93. The summed E-state index contributed by atoms with van der Waals surface area (Å²) in [6.07, 6.45) is 0. The van der Waals surface area contributed by atoms with Crippen molar-refractivity contribution >= 4 is 60.5 Å². The quantitative estimate of drug-likeness (QED) is 0.176. The van der Waals surface area contributed by atoms with E-state index >= 15 is 0 Å². The Bertz CT molecular complexity index is 2870. The number of hydrogen-bond donors (Lipinski definition) is 0. The molecule has 1 heterocycles. The highest BCUT2D eigenvalue weighted by atomic mass is 16.3. The van der Waals surface area contributed by atoms with Crippen LogP contribution in [-0.4, -0.2) is 0 Å². The molecule has 0 spiro atoms. The summed E-state index contributed by atoms with van der Waals surface area (Å²) in [7, 11) is 0. The van der Waals surface area contributed by atoms with E-state index in [4.69, 9.17) is 4.42 Å². The van der Waals surface area contributed by atoms with Gasteiger partial charge in [0, 0.05) is 22.1 Å². The zero-order chi connectivity index (χ0) is 34.4. The molecule has 0 atom stereocenters. The Morgan fingerprint density at radius 2 is 0.904 bits per heavy atom. The van der Waals surface area contributed by atoms with Crippen LogP contribution in [0.2, 0.25) is 0 Å². The smallest absolute Gasteiger partial charge is 0.143 e. The van der Waals surface area contributed by atoms with Gasteiger partial charge in [0.25, 0.3) is 0 Å². The molecule has 1 aromatic heterocycles. The molecule has 0 aliphatic heterocycles. The zero-order valence-corrected chi connectivity index (χ0v) is 28.4. The molecule has 0 N–H and O–H groups in total. The summed E-state index contributed by atoms with van der Waals surface area (Å²) in [6, 6.07) is 71.6. The Labute approximate surface area is 302 Å². The second-order valence-electron chi connectivity index (χ2n) is 13.3. The van der Waals surface area contributed by atoms with Crippen LogP contribution in [-0.2, 0) is 0 Å². The average molecular weight is 664 g/mol. The van der Waals surface area contributed by atoms with E-state index in [2.05, 4.69) is 205 Å². The van der Waals surface area contributed by atoms with Crippen molar-refractivity contribution in [2.45, 2.75) is 0 Å². The number of benzene rings is 9. The molecule has 0 bridgehead atoms. The van der Waals surface area contributed by atoms with Gasteiger partial charge in [-0.1, -0.05) is 152 Å². The summed E-state index contributed by atoms with van der Waals surface area (Å²) in [4.78, 5) is 2.35. The molecule has 9 aromatic carbocycles. The maximum atomic E-state index is 6.78. The molecule has 0 aliphatic rings. The first-order chi connectivity index (χ1) is 25.8. The van der Waals surface area contributed by atoms with Gasteiger partial charge in [-0.2, -0.15) is 0 Å². The summed E-state index contributed by atoms with van der Waals surface area (Å²) in [5, 5.41) is 6.95. The minimum atomic E-state index is 0.865. The van der Waals surface area contributed by atoms with Crippen molar-refractivity contribution < 1.29 is 4.42 Å². The second-order valence-corrected chi connectivity index (χ2v) is 13.3. The van der Waals surface area contributed by atoms with E-state index in [0.29, 0.717) is 0 Å². The summed E-state index contributed by atoms with van der Waals surface area (Å²) < 4.78 is 6.78. The van der Waals surface area contributed by atoms with Gasteiger partial charge in [0.05, 0.1) is 11.1 Å². The fourth-order valence-electron chi connectivity index (χ4n) is 7.70. The minimum absolute atomic E-state index is 0.865. The fraction of sp³-hybridized carbons (Fsp3) is 0. The van der Waals surface area contributed by atoms with Crippen molar-refractivity contribution in [1.82, 2.24) is 0 Å². The third kappa shape index (κ3) is 5.12. The van der Waals surface area contributed by atoms with Gasteiger partial charge >= 0.3 is 0 Å². The highest BCUT2D eigenvalue weighted by Gasteiger charge is 2.22. The fourth-order valence-corrected chi connectivity index (χ4v) is 7.70. The lowest BCUT2D eigenvalue weighted by molar-refractivity contribution is 0.672. The molecule has 0 saturated carbocycles. The van der Waals surface area contributed by atoms with Crippen LogP contribution in [0.5, 0.6) is 0 Å². The Balaban J connectivity index is 1.14. The van der Waals surface area contributed by atoms with E-state index in [9.17, 15) is 0 Å². The van der Waals surface area contributed by atoms with Crippen molar-refractivity contribution in [3.8, 4) is 33.4 Å². The number of para-hydroxylation sites is 1. The molecule has 0 unspecified atom stereocenters. The third-order valence-corrected chi connectivity index (χ3v) is 10.2. The number of rotatable bonds is 6. The van der Waals surface area contributed by atoms with Gasteiger partial charge in [-0.25, -0.2) is 0 Å². The van der Waals surface area contributed by atoms with Crippen molar-refractivity contribution in [1.29, 1.82) is 0 Å². The van der Waals surface area contributed by atoms with Crippen LogP contribution in [0, 0.1) is 0 Å². The highest BCUT2D eigenvalue weighted by Crippen LogP contribution is 2.46. The monoisotopic (exact) mass is 663 g/mol. The SMILES string of the molecule is c1ccc(-c2ccc(-c3ccc(N(c4ccccc4)c4cccc5oc6c7ccccc7c(-c7ccc8ccccc8c7)cc6c45)cc3)cc2)cc1. The maximum Gasteiger partial charge on any atom is 0.143 e. The minimum Gasteiger partial charge on any atom is -0.455 e. The Kier molecular flexibility index (Phi) is 7.18. The summed E-state index contributed by atoms with van der Waals surface area (Å²) in [5.74, 6) is 0. The van der Waals surface area contributed by atoms with Gasteiger partial charge in [0.1, 0.15) is 11.2 Å². The van der Waals surface area contributed by atoms with E-state index in [1.54, 1.807) is 0 Å². The van der Waals surface area contributed by atoms with Crippen LogP contribution in [0.15, 0.2) is 205 Å². The summed E-state index contributed by atoms with van der Waals surface area (Å²) in [5.41, 5.74) is 12.2. The number of fused-ring (bicyclic) bond motifs is 6. The van der Waals surface area contributed by atoms with Crippen molar-refractivity contribution in [2.24, 2.45) is 0 Å². The standard InChI is InChI=1S/C50H33NO/c1-3-12-34(13-4-1)36-22-24-37(25-23-36)38-28-30-42(31-29-38)51(41-16-5-2-6-17-41)47-20-11-21-48-49(47)46-33-45(43-18-9-10-19-44(43)50(46)52-48)40-27-26-35-14-7-8-15-39(35)32-40/h1-33H. The number of nitrogens with zero attached hydrogens (tertiary/aromatic N) is 1. The second kappa shape index (κ2) is 12.5. The molecule has 0 amide bonds. The van der Waals surface area contributed by atoms with Crippen LogP contribution < -0.4 is 4.90 Å². The van der Waals surface area contributed by atoms with Gasteiger partial charge in [-0.15, -0.1) is 0 Å². The lowest BCUT2D eigenvalue weighted by Gasteiger charge is -2.26. The first kappa shape index (κ1) is 30.0. The topological polar surface area (TPSA) is 16.4 Å². The highest BCUT2D eigenvalue weighted by molar-refractivity contribution is 6.22. The lowest BCUT2D eigenvalue weighted by Crippen LogP contribution is -2.10. The van der Waals surface area contributed by atoms with Crippen molar-refractivity contribution in [2.75, 3.05) is 4.90 Å². The molecular weight excluding hydrogens is 631 g/mol. The van der Waals surface area contributed by atoms with E-state index in [1.807, 2.05) is 0 Å². The number of furan rings is 1. The van der Waals surface area contributed by atoms with Gasteiger partial charge < -0.3 is 9.32 Å². The van der Waals surface area contributed by atoms with Crippen molar-refractivity contribution in [3.63, 3.8) is 0 Å². The van der Waals surface area contributed by atoms with E-state index in [0.717, 1.165) is 44.4 Å². The van der Waals surface area contributed by atoms with Crippen LogP contribution in [0.4, 0.5) is 17.1 Å². The number of anilines is 3. The largest absolute Gasteiger partial charge is 0.455 e. The van der Waals surface area contributed by atoms with E-state index in [1.165, 1.54) is 49.5 Å². The molecule has 2 nitrogen and oxygen atoms in total. The molecule has 0 aliphatic carbocycles. The third-order valence-electron chi connectivity index (χ3n) is 10.2. The normalized spacial score (nSPS) is 11.5. The predicted molar refractivity (Wildman–Crippen MR) is 220 cm³/mol. The maximum absolute atomic E-state index is 6.78. The van der Waals surface area contributed by atoms with Crippen LogP contribution in [0.3, 0.4) is 0 Å². The number of hydrogen-bond acceptors (Lipinski definition) is 2. The van der Waals surface area contributed by atoms with E-state index < -0.39 is 0 Å². The predicted octanol–water partition coefficient (Wildman–Crippen LogP) is 14.4. The van der Waals surface area contributed by atoms with Crippen LogP contribution in [0.25, 0.3) is 76.9 Å². The molecule has 10 aromatic rings. The molecule has 10 rings (SSSR count). The summed E-state index contributed by atoms with van der Waals surface area (Å²) in [6.45, 7) is 0.